The molecule has 0 radical (unpaired) electrons. The molecule has 148 valence electrons. The molecule has 1 aliphatic rings. The van der Waals surface area contributed by atoms with E-state index in [0.29, 0.717) is 16.7 Å². The first-order valence-electron chi connectivity index (χ1n) is 8.27. The Morgan fingerprint density at radius 2 is 1.59 bits per heavy atom. The lowest BCUT2D eigenvalue weighted by Crippen LogP contribution is -2.21. The van der Waals surface area contributed by atoms with Gasteiger partial charge in [-0.25, -0.2) is 8.42 Å². The molecule has 0 saturated carbocycles. The van der Waals surface area contributed by atoms with Gasteiger partial charge in [0.25, 0.3) is 0 Å². The van der Waals surface area contributed by atoms with E-state index in [9.17, 15) is 18.0 Å². The molecule has 0 aliphatic carbocycles. The summed E-state index contributed by atoms with van der Waals surface area (Å²) < 4.78 is 58.9. The fourth-order valence-corrected chi connectivity index (χ4v) is 5.07. The Labute approximate surface area is 158 Å². The second kappa shape index (κ2) is 9.07. The van der Waals surface area contributed by atoms with E-state index < -0.39 is 15.6 Å². The lowest BCUT2D eigenvalue weighted by Gasteiger charge is -2.08. The molecule has 2 aromatic carbocycles. The van der Waals surface area contributed by atoms with E-state index in [0.717, 1.165) is 28.5 Å². The predicted octanol–water partition coefficient (Wildman–Crippen LogP) is 3.88. The number of Topliss-reactive ketones (excluding diaryl/α,β-unsaturated/α-hetero) is 1. The van der Waals surface area contributed by atoms with Gasteiger partial charge in [0.1, 0.15) is 17.3 Å². The number of alkyl halides is 3. The Bertz CT molecular complexity index is 884. The number of benzene rings is 2. The molecule has 0 bridgehead atoms. The normalized spacial score (nSPS) is 15.4. The number of ketones is 1. The maximum Gasteiger partial charge on any atom is 0.485 e. The number of halogens is 3. The Kier molecular flexibility index (Phi) is 7.30. The second-order valence-electron chi connectivity index (χ2n) is 6.03. The summed E-state index contributed by atoms with van der Waals surface area (Å²) in [5, 5.41) is 2.27. The second-order valence-corrected chi connectivity index (χ2v) is 9.85. The summed E-state index contributed by atoms with van der Waals surface area (Å²) in [6, 6.07) is 14.2. The van der Waals surface area contributed by atoms with Crippen LogP contribution in [0.2, 0.25) is 0 Å². The summed E-state index contributed by atoms with van der Waals surface area (Å²) >= 11 is 0. The molecule has 3 rings (SSSR count). The number of rotatable bonds is 4. The van der Waals surface area contributed by atoms with Crippen LogP contribution in [-0.4, -0.2) is 41.5 Å². The van der Waals surface area contributed by atoms with Gasteiger partial charge < -0.3 is 4.55 Å². The number of carbonyl (C=O) groups excluding carboxylic acids is 1. The molecule has 0 N–H and O–H groups in total. The first kappa shape index (κ1) is 21.7. The molecule has 1 aliphatic heterocycles. The smallest absolute Gasteiger partial charge is 0.485 e. The van der Waals surface area contributed by atoms with Gasteiger partial charge in [0.2, 0.25) is 0 Å². The van der Waals surface area contributed by atoms with Gasteiger partial charge in [-0.05, 0) is 34.5 Å². The minimum absolute atomic E-state index is 0.316. The highest BCUT2D eigenvalue weighted by molar-refractivity contribution is 7.97. The first-order chi connectivity index (χ1) is 12.6. The quantitative estimate of drug-likeness (QED) is 0.326. The van der Waals surface area contributed by atoms with Gasteiger partial charge in [0.15, 0.2) is 15.9 Å². The molecular formula is C18H19F3O4S2. The van der Waals surface area contributed by atoms with Crippen molar-refractivity contribution in [1.82, 2.24) is 0 Å². The monoisotopic (exact) mass is 420 g/mol. The zero-order valence-corrected chi connectivity index (χ0v) is 16.0. The Hall–Kier alpha value is -1.58. The van der Waals surface area contributed by atoms with Crippen molar-refractivity contribution in [3.8, 4) is 0 Å². The molecule has 0 unspecified atom stereocenters. The third kappa shape index (κ3) is 6.22. The van der Waals surface area contributed by atoms with E-state index in [2.05, 4.69) is 18.2 Å². The number of carbonyl (C=O) groups is 1. The predicted molar refractivity (Wildman–Crippen MR) is 99.8 cm³/mol. The SMILES string of the molecule is O=C(CC[S+]1CCCC1)c1cccc2ccccc12.O=S(=O)([O-])C(F)(F)F. The molecule has 27 heavy (non-hydrogen) atoms. The van der Waals surface area contributed by atoms with E-state index in [1.807, 2.05) is 24.3 Å². The molecule has 1 fully saturated rings. The van der Waals surface area contributed by atoms with Crippen molar-refractivity contribution in [2.75, 3.05) is 17.3 Å². The Balaban J connectivity index is 0.000000279. The van der Waals surface area contributed by atoms with Crippen molar-refractivity contribution >= 4 is 37.6 Å². The summed E-state index contributed by atoms with van der Waals surface area (Å²) in [4.78, 5) is 12.4. The van der Waals surface area contributed by atoms with Crippen LogP contribution in [0.3, 0.4) is 0 Å². The van der Waals surface area contributed by atoms with Crippen LogP contribution in [0.5, 0.6) is 0 Å². The zero-order chi connectivity index (χ0) is 20.1. The van der Waals surface area contributed by atoms with Crippen molar-refractivity contribution in [1.29, 1.82) is 0 Å². The highest BCUT2D eigenvalue weighted by Crippen LogP contribution is 2.22. The van der Waals surface area contributed by atoms with E-state index in [-0.39, 0.29) is 0 Å². The largest absolute Gasteiger partial charge is 0.741 e. The minimum atomic E-state index is -6.09. The molecule has 0 aromatic heterocycles. The Morgan fingerprint density at radius 1 is 1.04 bits per heavy atom. The van der Waals surface area contributed by atoms with Gasteiger partial charge in [-0.15, -0.1) is 0 Å². The van der Waals surface area contributed by atoms with E-state index in [4.69, 9.17) is 13.0 Å². The molecular weight excluding hydrogens is 401 g/mol. The van der Waals surface area contributed by atoms with Crippen LogP contribution in [0.4, 0.5) is 13.2 Å². The van der Waals surface area contributed by atoms with Crippen molar-refractivity contribution in [2.24, 2.45) is 0 Å². The lowest BCUT2D eigenvalue weighted by atomic mass is 10.0. The molecule has 4 nitrogen and oxygen atoms in total. The topological polar surface area (TPSA) is 74.3 Å². The van der Waals surface area contributed by atoms with Crippen molar-refractivity contribution in [2.45, 2.75) is 24.8 Å². The van der Waals surface area contributed by atoms with Crippen LogP contribution in [-0.2, 0) is 21.0 Å². The van der Waals surface area contributed by atoms with Crippen molar-refractivity contribution in [3.63, 3.8) is 0 Å². The molecule has 0 spiro atoms. The van der Waals surface area contributed by atoms with Crippen LogP contribution in [0.25, 0.3) is 10.8 Å². The zero-order valence-electron chi connectivity index (χ0n) is 14.4. The van der Waals surface area contributed by atoms with E-state index >= 15 is 0 Å². The van der Waals surface area contributed by atoms with Crippen LogP contribution in [0.15, 0.2) is 42.5 Å². The van der Waals surface area contributed by atoms with Gasteiger partial charge >= 0.3 is 5.51 Å². The third-order valence-corrected chi connectivity index (χ3v) is 7.19. The minimum Gasteiger partial charge on any atom is -0.741 e. The average molecular weight is 420 g/mol. The highest BCUT2D eigenvalue weighted by atomic mass is 32.2. The molecule has 9 heteroatoms. The van der Waals surface area contributed by atoms with Gasteiger partial charge in [-0.1, -0.05) is 42.5 Å². The maximum absolute atomic E-state index is 12.4. The molecule has 0 amide bonds. The average Bonchev–Trinajstić information content (AvgIpc) is 3.11. The summed E-state index contributed by atoms with van der Waals surface area (Å²) in [5.74, 6) is 4.12. The fourth-order valence-electron chi connectivity index (χ4n) is 2.76. The first-order valence-corrected chi connectivity index (χ1v) is 11.4. The number of fused-ring (bicyclic) bond motifs is 1. The van der Waals surface area contributed by atoms with Gasteiger partial charge in [0.05, 0.1) is 6.42 Å². The van der Waals surface area contributed by atoms with Crippen molar-refractivity contribution < 1.29 is 30.9 Å². The lowest BCUT2D eigenvalue weighted by molar-refractivity contribution is -0.0517. The number of hydrogen-bond acceptors (Lipinski definition) is 4. The van der Waals surface area contributed by atoms with Crippen LogP contribution >= 0.6 is 0 Å². The van der Waals surface area contributed by atoms with E-state index in [1.54, 1.807) is 0 Å². The van der Waals surface area contributed by atoms with Crippen LogP contribution in [0.1, 0.15) is 29.6 Å². The van der Waals surface area contributed by atoms with Gasteiger partial charge in [0, 0.05) is 5.56 Å². The summed E-state index contributed by atoms with van der Waals surface area (Å²) in [6.45, 7) is 0. The number of hydrogen-bond donors (Lipinski definition) is 0. The summed E-state index contributed by atoms with van der Waals surface area (Å²) in [5.41, 5.74) is -4.74. The van der Waals surface area contributed by atoms with Gasteiger partial charge in [-0.3, -0.25) is 4.79 Å². The Morgan fingerprint density at radius 3 is 2.19 bits per heavy atom. The van der Waals surface area contributed by atoms with Crippen LogP contribution in [0, 0.1) is 0 Å². The molecule has 2 aromatic rings. The van der Waals surface area contributed by atoms with Crippen LogP contribution < -0.4 is 0 Å². The van der Waals surface area contributed by atoms with Gasteiger partial charge in [-0.2, -0.15) is 13.2 Å². The highest BCUT2D eigenvalue weighted by Gasteiger charge is 2.36. The van der Waals surface area contributed by atoms with E-state index in [1.165, 1.54) is 24.3 Å². The third-order valence-electron chi connectivity index (χ3n) is 4.11. The molecule has 1 saturated heterocycles. The molecule has 1 heterocycles. The summed E-state index contributed by atoms with van der Waals surface area (Å²) in [7, 11) is -5.57. The maximum atomic E-state index is 12.4. The fraction of sp³-hybridized carbons (Fsp3) is 0.389. The summed E-state index contributed by atoms with van der Waals surface area (Å²) in [6.07, 6.45) is 3.45. The standard InChI is InChI=1S/C17H19OS.CHF3O3S/c18-17(10-13-19-11-3-4-12-19)16-9-5-7-14-6-1-2-8-15(14)16;2-1(3,4)8(5,6)7/h1-2,5-9H,3-4,10-13H2;(H,5,6,7)/q+1;/p-1. The van der Waals surface area contributed by atoms with Crippen molar-refractivity contribution in [3.05, 3.63) is 48.0 Å². The molecule has 0 atom stereocenters.